The van der Waals surface area contributed by atoms with Crippen LogP contribution < -0.4 is 11.5 Å². The van der Waals surface area contributed by atoms with E-state index in [0.29, 0.717) is 5.69 Å². The molecule has 25 heavy (non-hydrogen) atoms. The molecule has 132 valence electrons. The number of nitrogens with two attached hydrogens (primary N) is 2. The van der Waals surface area contributed by atoms with E-state index in [1.165, 1.54) is 11.8 Å². The Morgan fingerprint density at radius 1 is 1.44 bits per heavy atom. The lowest BCUT2D eigenvalue weighted by Crippen LogP contribution is -2.49. The highest BCUT2D eigenvalue weighted by atomic mass is 16.3. The minimum atomic E-state index is -0.879. The molecule has 0 bridgehead atoms. The zero-order valence-electron chi connectivity index (χ0n) is 13.8. The normalized spacial score (nSPS) is 18.9. The first-order valence-electron chi connectivity index (χ1n) is 7.96. The number of aliphatic hydroxyl groups is 2. The Morgan fingerprint density at radius 3 is 2.88 bits per heavy atom. The molecular weight excluding hydrogens is 322 g/mol. The van der Waals surface area contributed by atoms with Crippen molar-refractivity contribution in [3.8, 4) is 0 Å². The molecule has 7 N–H and O–H groups in total. The number of nitrogen functional groups attached to an aromatic ring is 1. The maximum Gasteiger partial charge on any atom is 0.278 e. The maximum atomic E-state index is 12.6. The molecule has 8 nitrogen and oxygen atoms in total. The van der Waals surface area contributed by atoms with Gasteiger partial charge in [-0.1, -0.05) is 6.07 Å². The number of benzene rings is 1. The number of carbonyl (C=O) groups is 1. The summed E-state index contributed by atoms with van der Waals surface area (Å²) in [6.07, 6.45) is 2.50. The van der Waals surface area contributed by atoms with E-state index in [4.69, 9.17) is 11.5 Å². The van der Waals surface area contributed by atoms with Crippen molar-refractivity contribution in [1.29, 1.82) is 0 Å². The van der Waals surface area contributed by atoms with Gasteiger partial charge in [0.05, 0.1) is 25.3 Å². The van der Waals surface area contributed by atoms with Crippen molar-refractivity contribution >= 4 is 34.4 Å². The first-order valence-corrected chi connectivity index (χ1v) is 7.96. The third-order valence-corrected chi connectivity index (χ3v) is 4.18. The van der Waals surface area contributed by atoms with E-state index in [-0.39, 0.29) is 30.6 Å². The molecule has 1 aliphatic heterocycles. The molecule has 0 aliphatic carbocycles. The molecule has 0 fully saturated rings. The number of aliphatic imine (C=N–C) groups is 1. The van der Waals surface area contributed by atoms with Gasteiger partial charge in [0.2, 0.25) is 0 Å². The Hall–Kier alpha value is -2.68. The molecule has 1 aromatic heterocycles. The molecule has 8 heteroatoms. The Balaban J connectivity index is 2.06. The number of nitrogens with zero attached hydrogens (tertiary/aromatic N) is 2. The number of aromatic nitrogens is 1. The van der Waals surface area contributed by atoms with Crippen LogP contribution in [0.25, 0.3) is 17.0 Å². The number of rotatable bonds is 5. The summed E-state index contributed by atoms with van der Waals surface area (Å²) in [6, 6.07) is 4.69. The fourth-order valence-electron chi connectivity index (χ4n) is 2.86. The fraction of sp³-hybridized carbons (Fsp3) is 0.294. The standard InChI is InChI=1S/C17H21N5O3/c1-9(24)15(19)16-21-13(17(25)22(16)5-6-23)7-10-8-20-12-4-2-3-11(18)14(10)12/h2-4,7-9,15,20,23-24H,5-6,18-19H2,1H3. The van der Waals surface area contributed by atoms with E-state index in [9.17, 15) is 15.0 Å². The highest BCUT2D eigenvalue weighted by molar-refractivity contribution is 6.16. The summed E-state index contributed by atoms with van der Waals surface area (Å²) >= 11 is 0. The zero-order valence-corrected chi connectivity index (χ0v) is 13.8. The van der Waals surface area contributed by atoms with Crippen LogP contribution in [0, 0.1) is 0 Å². The fourth-order valence-corrected chi connectivity index (χ4v) is 2.86. The van der Waals surface area contributed by atoms with Gasteiger partial charge in [0.1, 0.15) is 11.5 Å². The molecule has 1 amide bonds. The Kier molecular flexibility index (Phi) is 4.58. The molecule has 1 aliphatic rings. The molecular formula is C17H21N5O3. The monoisotopic (exact) mass is 343 g/mol. The molecule has 2 aromatic rings. The average molecular weight is 343 g/mol. The number of H-pyrrole nitrogens is 1. The van der Waals surface area contributed by atoms with Gasteiger partial charge >= 0.3 is 0 Å². The van der Waals surface area contributed by atoms with E-state index in [1.807, 2.05) is 12.1 Å². The third kappa shape index (κ3) is 3.02. The number of carbonyl (C=O) groups excluding carboxylic acids is 1. The second-order valence-electron chi connectivity index (χ2n) is 5.96. The van der Waals surface area contributed by atoms with Gasteiger partial charge in [-0.2, -0.15) is 0 Å². The number of anilines is 1. The first-order chi connectivity index (χ1) is 11.9. The van der Waals surface area contributed by atoms with Crippen molar-refractivity contribution in [2.45, 2.75) is 19.1 Å². The molecule has 0 spiro atoms. The summed E-state index contributed by atoms with van der Waals surface area (Å²) in [5, 5.41) is 19.7. The summed E-state index contributed by atoms with van der Waals surface area (Å²) in [7, 11) is 0. The predicted octanol–water partition coefficient (Wildman–Crippen LogP) is 0.0321. The van der Waals surface area contributed by atoms with Gasteiger partial charge < -0.3 is 26.7 Å². The van der Waals surface area contributed by atoms with Crippen LogP contribution in [0.4, 0.5) is 5.69 Å². The third-order valence-electron chi connectivity index (χ3n) is 4.18. The number of amidine groups is 1. The predicted molar refractivity (Wildman–Crippen MR) is 96.6 cm³/mol. The van der Waals surface area contributed by atoms with Crippen LogP contribution in [-0.4, -0.2) is 57.1 Å². The molecule has 0 saturated carbocycles. The largest absolute Gasteiger partial charge is 0.398 e. The number of fused-ring (bicyclic) bond motifs is 1. The molecule has 0 saturated heterocycles. The SMILES string of the molecule is CC(O)C(N)C1=NC(=Cc2c[nH]c3cccc(N)c23)C(=O)N1CCO. The number of aliphatic hydroxyl groups excluding tert-OH is 2. The van der Waals surface area contributed by atoms with Crippen LogP contribution >= 0.6 is 0 Å². The second-order valence-corrected chi connectivity index (χ2v) is 5.96. The van der Waals surface area contributed by atoms with Crippen LogP contribution in [0.2, 0.25) is 0 Å². The van der Waals surface area contributed by atoms with Crippen LogP contribution in [0.15, 0.2) is 35.1 Å². The smallest absolute Gasteiger partial charge is 0.278 e. The molecule has 1 aromatic carbocycles. The summed E-state index contributed by atoms with van der Waals surface area (Å²) in [6.45, 7) is 1.35. The van der Waals surface area contributed by atoms with Crippen molar-refractivity contribution in [3.05, 3.63) is 35.7 Å². The Bertz CT molecular complexity index is 868. The summed E-state index contributed by atoms with van der Waals surface area (Å²) in [5.74, 6) is -0.128. The van der Waals surface area contributed by atoms with E-state index in [2.05, 4.69) is 9.98 Å². The maximum absolute atomic E-state index is 12.6. The van der Waals surface area contributed by atoms with Crippen molar-refractivity contribution in [2.75, 3.05) is 18.9 Å². The van der Waals surface area contributed by atoms with Gasteiger partial charge in [-0.15, -0.1) is 0 Å². The summed E-state index contributed by atoms with van der Waals surface area (Å²) < 4.78 is 0. The first kappa shape index (κ1) is 17.2. The lowest BCUT2D eigenvalue weighted by molar-refractivity contribution is -0.123. The summed E-state index contributed by atoms with van der Waals surface area (Å²) in [5.41, 5.74) is 14.3. The summed E-state index contributed by atoms with van der Waals surface area (Å²) in [4.78, 5) is 21.3. The topological polar surface area (TPSA) is 141 Å². The second kappa shape index (κ2) is 6.67. The number of nitrogens with one attached hydrogen (secondary N) is 1. The van der Waals surface area contributed by atoms with Crippen LogP contribution in [0.3, 0.4) is 0 Å². The average Bonchev–Trinajstić information content (AvgIpc) is 3.12. The lowest BCUT2D eigenvalue weighted by Gasteiger charge is -2.23. The van der Waals surface area contributed by atoms with Crippen LogP contribution in [-0.2, 0) is 4.79 Å². The van der Waals surface area contributed by atoms with Gasteiger partial charge in [-0.25, -0.2) is 4.99 Å². The van der Waals surface area contributed by atoms with E-state index >= 15 is 0 Å². The van der Waals surface area contributed by atoms with Crippen LogP contribution in [0.5, 0.6) is 0 Å². The van der Waals surface area contributed by atoms with Gasteiger partial charge in [0, 0.05) is 28.4 Å². The molecule has 2 unspecified atom stereocenters. The van der Waals surface area contributed by atoms with Crippen molar-refractivity contribution in [1.82, 2.24) is 9.88 Å². The number of β-amino-alcohol motifs (C(OH)–C–C–N with tert-alkyl or cyclic N) is 1. The number of amides is 1. The van der Waals surface area contributed by atoms with Crippen molar-refractivity contribution in [3.63, 3.8) is 0 Å². The highest BCUT2D eigenvalue weighted by Crippen LogP contribution is 2.28. The minimum Gasteiger partial charge on any atom is -0.398 e. The zero-order chi connectivity index (χ0) is 18.1. The van der Waals surface area contributed by atoms with Gasteiger partial charge in [-0.05, 0) is 25.1 Å². The quantitative estimate of drug-likeness (QED) is 0.385. The van der Waals surface area contributed by atoms with E-state index in [0.717, 1.165) is 16.5 Å². The van der Waals surface area contributed by atoms with Gasteiger partial charge in [0.15, 0.2) is 0 Å². The lowest BCUT2D eigenvalue weighted by atomic mass is 10.1. The van der Waals surface area contributed by atoms with Crippen LogP contribution in [0.1, 0.15) is 12.5 Å². The van der Waals surface area contributed by atoms with E-state index < -0.39 is 12.1 Å². The van der Waals surface area contributed by atoms with Crippen molar-refractivity contribution in [2.24, 2.45) is 10.7 Å². The van der Waals surface area contributed by atoms with E-state index in [1.54, 1.807) is 18.3 Å². The number of aromatic amines is 1. The van der Waals surface area contributed by atoms with Crippen molar-refractivity contribution < 1.29 is 15.0 Å². The van der Waals surface area contributed by atoms with Gasteiger partial charge in [0.25, 0.3) is 5.91 Å². The molecule has 0 radical (unpaired) electrons. The Labute approximate surface area is 144 Å². The number of hydrogen-bond donors (Lipinski definition) is 5. The van der Waals surface area contributed by atoms with Gasteiger partial charge in [-0.3, -0.25) is 9.69 Å². The highest BCUT2D eigenvalue weighted by Gasteiger charge is 2.34. The molecule has 2 heterocycles. The number of hydrogen-bond acceptors (Lipinski definition) is 6. The molecule has 3 rings (SSSR count). The Morgan fingerprint density at radius 2 is 2.20 bits per heavy atom. The minimum absolute atomic E-state index is 0.0610. The molecule has 2 atom stereocenters.